The van der Waals surface area contributed by atoms with E-state index in [4.69, 9.17) is 4.74 Å². The summed E-state index contributed by atoms with van der Waals surface area (Å²) in [5, 5.41) is 26.9. The summed E-state index contributed by atoms with van der Waals surface area (Å²) in [6.45, 7) is 1.68. The van der Waals surface area contributed by atoms with Crippen LogP contribution in [0.25, 0.3) is 11.3 Å². The number of hydrogen-bond acceptors (Lipinski definition) is 9. The lowest BCUT2D eigenvalue weighted by molar-refractivity contribution is -0.384. The molecule has 12 heteroatoms. The highest BCUT2D eigenvalue weighted by molar-refractivity contribution is 9.10. The zero-order valence-corrected chi connectivity index (χ0v) is 19.2. The van der Waals surface area contributed by atoms with Gasteiger partial charge in [0.05, 0.1) is 33.6 Å². The number of hydrogen-bond donors (Lipinski definition) is 0. The number of nitro benzene ring substituents is 1. The molecule has 1 aliphatic heterocycles. The standard InChI is InChI=1S/C20H15BrN6O4S/c1-11-18(24-23-16-8-5-13(27(29)30)9-15(16)21)19(28)26(25-11)20-22-17(10-32-20)12-3-6-14(31-2)7-4-12/h3-10,18H,1-2H3/t18-/m1/s1. The molecule has 0 unspecified atom stereocenters. The van der Waals surface area contributed by atoms with Crippen molar-refractivity contribution in [2.45, 2.75) is 13.0 Å². The van der Waals surface area contributed by atoms with E-state index < -0.39 is 11.0 Å². The number of rotatable bonds is 6. The number of carbonyl (C=O) groups is 1. The normalized spacial score (nSPS) is 16.0. The number of benzene rings is 2. The van der Waals surface area contributed by atoms with Crippen molar-refractivity contribution in [1.29, 1.82) is 0 Å². The number of amides is 1. The minimum atomic E-state index is -0.898. The smallest absolute Gasteiger partial charge is 0.282 e. The van der Waals surface area contributed by atoms with Gasteiger partial charge in [-0.25, -0.2) is 4.98 Å². The van der Waals surface area contributed by atoms with Gasteiger partial charge in [-0.1, -0.05) is 0 Å². The fourth-order valence-electron chi connectivity index (χ4n) is 2.89. The lowest BCUT2D eigenvalue weighted by Gasteiger charge is -2.08. The van der Waals surface area contributed by atoms with E-state index in [1.807, 2.05) is 29.6 Å². The first-order chi connectivity index (χ1) is 15.4. The highest BCUT2D eigenvalue weighted by Gasteiger charge is 2.36. The van der Waals surface area contributed by atoms with E-state index in [1.165, 1.54) is 34.5 Å². The second kappa shape index (κ2) is 8.93. The summed E-state index contributed by atoms with van der Waals surface area (Å²) >= 11 is 4.53. The Morgan fingerprint density at radius 3 is 2.66 bits per heavy atom. The predicted octanol–water partition coefficient (Wildman–Crippen LogP) is 5.36. The van der Waals surface area contributed by atoms with Crippen LogP contribution < -0.4 is 9.75 Å². The number of methoxy groups -OCH3 is 1. The van der Waals surface area contributed by atoms with Crippen LogP contribution in [0.15, 0.2) is 67.6 Å². The van der Waals surface area contributed by atoms with Crippen molar-refractivity contribution in [3.63, 3.8) is 0 Å². The van der Waals surface area contributed by atoms with E-state index in [2.05, 4.69) is 36.2 Å². The Morgan fingerprint density at radius 2 is 2.00 bits per heavy atom. The molecule has 0 radical (unpaired) electrons. The molecule has 1 amide bonds. The molecule has 10 nitrogen and oxygen atoms in total. The Balaban J connectivity index is 1.52. The number of halogens is 1. The topological polar surface area (TPSA) is 123 Å². The maximum Gasteiger partial charge on any atom is 0.282 e. The van der Waals surface area contributed by atoms with E-state index in [0.717, 1.165) is 11.3 Å². The quantitative estimate of drug-likeness (QED) is 0.248. The molecule has 0 bridgehead atoms. The van der Waals surface area contributed by atoms with E-state index in [9.17, 15) is 14.9 Å². The van der Waals surface area contributed by atoms with E-state index in [0.29, 0.717) is 26.7 Å². The number of non-ortho nitro benzene ring substituents is 1. The number of nitrogens with zero attached hydrogens (tertiary/aromatic N) is 6. The Hall–Kier alpha value is -3.51. The van der Waals surface area contributed by atoms with Crippen LogP contribution in [-0.2, 0) is 4.79 Å². The van der Waals surface area contributed by atoms with Gasteiger partial charge in [0.25, 0.3) is 11.6 Å². The average Bonchev–Trinajstić information content (AvgIpc) is 3.38. The number of nitro groups is 1. The predicted molar refractivity (Wildman–Crippen MR) is 124 cm³/mol. The first-order valence-corrected chi connectivity index (χ1v) is 10.9. The Bertz CT molecular complexity index is 1260. The fourth-order valence-corrected chi connectivity index (χ4v) is 4.13. The molecule has 1 aliphatic rings. The molecule has 0 saturated heterocycles. The van der Waals surface area contributed by atoms with Gasteiger partial charge in [-0.3, -0.25) is 14.9 Å². The molecular formula is C20H15BrN6O4S. The third kappa shape index (κ3) is 4.27. The number of hydrazone groups is 1. The molecule has 1 aromatic heterocycles. The van der Waals surface area contributed by atoms with Crippen LogP contribution in [0.3, 0.4) is 0 Å². The van der Waals surface area contributed by atoms with Crippen molar-refractivity contribution in [2.75, 3.05) is 12.1 Å². The monoisotopic (exact) mass is 514 g/mol. The van der Waals surface area contributed by atoms with Crippen molar-refractivity contribution in [3.05, 3.63) is 62.4 Å². The van der Waals surface area contributed by atoms with Gasteiger partial charge in [0, 0.05) is 23.1 Å². The fraction of sp³-hybridized carbons (Fsp3) is 0.150. The molecule has 32 heavy (non-hydrogen) atoms. The number of aromatic nitrogens is 1. The van der Waals surface area contributed by atoms with Gasteiger partial charge in [0.15, 0.2) is 6.04 Å². The third-order valence-electron chi connectivity index (χ3n) is 4.58. The molecule has 2 heterocycles. The van der Waals surface area contributed by atoms with Crippen molar-refractivity contribution in [1.82, 2.24) is 4.98 Å². The second-order valence-corrected chi connectivity index (χ2v) is 8.34. The largest absolute Gasteiger partial charge is 0.497 e. The molecule has 0 N–H and O–H groups in total. The van der Waals surface area contributed by atoms with Gasteiger partial charge < -0.3 is 4.74 Å². The zero-order valence-electron chi connectivity index (χ0n) is 16.8. The van der Waals surface area contributed by atoms with E-state index in [1.54, 1.807) is 14.0 Å². The molecule has 4 rings (SSSR count). The van der Waals surface area contributed by atoms with E-state index >= 15 is 0 Å². The Morgan fingerprint density at radius 1 is 1.25 bits per heavy atom. The van der Waals surface area contributed by atoms with Gasteiger partial charge >= 0.3 is 0 Å². The summed E-state index contributed by atoms with van der Waals surface area (Å²) in [6, 6.07) is 10.7. The van der Waals surface area contributed by atoms with Gasteiger partial charge in [-0.2, -0.15) is 20.3 Å². The SMILES string of the molecule is COc1ccc(-c2csc(N3N=C(C)[C@@H](N=Nc4ccc([N+](=O)[O-])cc4Br)C3=O)n2)cc1. The number of anilines is 1. The molecule has 0 spiro atoms. The minimum absolute atomic E-state index is 0.0758. The summed E-state index contributed by atoms with van der Waals surface area (Å²) in [4.78, 5) is 27.8. The van der Waals surface area contributed by atoms with Gasteiger partial charge in [-0.15, -0.1) is 11.3 Å². The average molecular weight is 515 g/mol. The summed E-state index contributed by atoms with van der Waals surface area (Å²) in [5.74, 6) is 0.368. The van der Waals surface area contributed by atoms with Gasteiger partial charge in [-0.05, 0) is 53.2 Å². The van der Waals surface area contributed by atoms with Crippen LogP contribution in [0.1, 0.15) is 6.92 Å². The first-order valence-electron chi connectivity index (χ1n) is 9.21. The number of azo groups is 1. The van der Waals surface area contributed by atoms with Crippen LogP contribution in [0.2, 0.25) is 0 Å². The molecule has 3 aromatic rings. The number of carbonyl (C=O) groups excluding carboxylic acids is 1. The summed E-state index contributed by atoms with van der Waals surface area (Å²) in [5.41, 5.74) is 2.37. The summed E-state index contributed by atoms with van der Waals surface area (Å²) in [6.07, 6.45) is 0. The third-order valence-corrected chi connectivity index (χ3v) is 6.03. The van der Waals surface area contributed by atoms with Crippen molar-refractivity contribution in [2.24, 2.45) is 15.3 Å². The summed E-state index contributed by atoms with van der Waals surface area (Å²) in [7, 11) is 1.60. The van der Waals surface area contributed by atoms with Crippen LogP contribution in [0.5, 0.6) is 5.75 Å². The van der Waals surface area contributed by atoms with Crippen LogP contribution in [0, 0.1) is 10.1 Å². The minimum Gasteiger partial charge on any atom is -0.497 e. The van der Waals surface area contributed by atoms with Crippen molar-refractivity contribution < 1.29 is 14.5 Å². The van der Waals surface area contributed by atoms with Crippen LogP contribution in [-0.4, -0.2) is 34.7 Å². The maximum atomic E-state index is 12.9. The van der Waals surface area contributed by atoms with Gasteiger partial charge in [0.1, 0.15) is 5.75 Å². The molecule has 0 aliphatic carbocycles. The molecule has 162 valence electrons. The lowest BCUT2D eigenvalue weighted by atomic mass is 10.2. The summed E-state index contributed by atoms with van der Waals surface area (Å²) < 4.78 is 5.57. The number of ether oxygens (including phenoxy) is 1. The molecule has 1 atom stereocenters. The second-order valence-electron chi connectivity index (χ2n) is 6.65. The van der Waals surface area contributed by atoms with Crippen molar-refractivity contribution >= 4 is 55.4 Å². The van der Waals surface area contributed by atoms with Crippen molar-refractivity contribution in [3.8, 4) is 17.0 Å². The lowest BCUT2D eigenvalue weighted by Crippen LogP contribution is -2.29. The van der Waals surface area contributed by atoms with E-state index in [-0.39, 0.29) is 11.6 Å². The zero-order chi connectivity index (χ0) is 22.8. The van der Waals surface area contributed by atoms with Crippen LogP contribution >= 0.6 is 27.3 Å². The molecular weight excluding hydrogens is 500 g/mol. The molecule has 0 fully saturated rings. The molecule has 0 saturated carbocycles. The van der Waals surface area contributed by atoms with Crippen LogP contribution in [0.4, 0.5) is 16.5 Å². The number of thiazole rings is 1. The first kappa shape index (κ1) is 21.7. The Labute approximate surface area is 194 Å². The highest BCUT2D eigenvalue weighted by atomic mass is 79.9. The Kier molecular flexibility index (Phi) is 6.06. The maximum absolute atomic E-state index is 12.9. The molecule has 2 aromatic carbocycles. The van der Waals surface area contributed by atoms with Gasteiger partial charge in [0.2, 0.25) is 5.13 Å². The highest BCUT2D eigenvalue weighted by Crippen LogP contribution is 2.33.